The van der Waals surface area contributed by atoms with Gasteiger partial charge in [-0.1, -0.05) is 19.1 Å². The van der Waals surface area contributed by atoms with Gasteiger partial charge in [0.2, 0.25) is 5.91 Å². The summed E-state index contributed by atoms with van der Waals surface area (Å²) in [6, 6.07) is 8.50. The van der Waals surface area contributed by atoms with Crippen molar-refractivity contribution in [3.05, 3.63) is 29.8 Å². The molecule has 1 amide bonds. The summed E-state index contributed by atoms with van der Waals surface area (Å²) in [6.07, 6.45) is 3.05. The smallest absolute Gasteiger partial charge is 0.244 e. The van der Waals surface area contributed by atoms with Crippen LogP contribution >= 0.6 is 0 Å². The maximum absolute atomic E-state index is 12.7. The summed E-state index contributed by atoms with van der Waals surface area (Å²) in [5.74, 6) is 1.12. The van der Waals surface area contributed by atoms with Crippen molar-refractivity contribution in [2.45, 2.75) is 57.8 Å². The van der Waals surface area contributed by atoms with E-state index in [-0.39, 0.29) is 12.1 Å². The van der Waals surface area contributed by atoms with Crippen LogP contribution in [0, 0.1) is 0 Å². The molecular weight excluding hydrogens is 264 g/mol. The lowest BCUT2D eigenvalue weighted by Gasteiger charge is -2.24. The zero-order valence-corrected chi connectivity index (χ0v) is 13.1. The van der Waals surface area contributed by atoms with Crippen molar-refractivity contribution in [2.75, 3.05) is 6.61 Å². The highest BCUT2D eigenvalue weighted by molar-refractivity contribution is 5.89. The molecule has 1 aliphatic heterocycles. The highest BCUT2D eigenvalue weighted by Crippen LogP contribution is 2.41. The van der Waals surface area contributed by atoms with Crippen LogP contribution in [0.15, 0.2) is 24.3 Å². The standard InChI is InChI=1S/C17H24N2O2/c1-4-17(3)16(20)19(13-8-9-13)15(18-17)12-6-10-14(11-7-12)21-5-2/h6-7,10-11,13,15,18H,4-5,8-9H2,1-3H3. The number of ether oxygens (including phenoxy) is 1. The molecule has 1 saturated heterocycles. The lowest BCUT2D eigenvalue weighted by molar-refractivity contribution is -0.133. The van der Waals surface area contributed by atoms with Crippen LogP contribution < -0.4 is 10.1 Å². The molecule has 0 spiro atoms. The molecule has 4 nitrogen and oxygen atoms in total. The minimum Gasteiger partial charge on any atom is -0.494 e. The number of carbonyl (C=O) groups is 1. The summed E-state index contributed by atoms with van der Waals surface area (Å²) in [6.45, 7) is 6.73. The van der Waals surface area contributed by atoms with Gasteiger partial charge in [-0.2, -0.15) is 0 Å². The fourth-order valence-electron chi connectivity index (χ4n) is 2.97. The topological polar surface area (TPSA) is 41.6 Å². The van der Waals surface area contributed by atoms with Gasteiger partial charge in [0.15, 0.2) is 0 Å². The Hall–Kier alpha value is -1.55. The van der Waals surface area contributed by atoms with Crippen LogP contribution in [0.4, 0.5) is 0 Å². The number of nitrogens with one attached hydrogen (secondary N) is 1. The molecule has 2 aliphatic rings. The zero-order valence-electron chi connectivity index (χ0n) is 13.1. The van der Waals surface area contributed by atoms with Crippen molar-refractivity contribution in [3.63, 3.8) is 0 Å². The third-order valence-corrected chi connectivity index (χ3v) is 4.59. The second-order valence-corrected chi connectivity index (χ2v) is 6.18. The molecule has 1 N–H and O–H groups in total. The molecule has 1 saturated carbocycles. The van der Waals surface area contributed by atoms with Crippen molar-refractivity contribution < 1.29 is 9.53 Å². The number of hydrogen-bond acceptors (Lipinski definition) is 3. The third-order valence-electron chi connectivity index (χ3n) is 4.59. The van der Waals surface area contributed by atoms with E-state index in [0.29, 0.717) is 12.6 Å². The average molecular weight is 288 g/mol. The van der Waals surface area contributed by atoms with Gasteiger partial charge in [0.1, 0.15) is 11.9 Å². The molecule has 2 atom stereocenters. The summed E-state index contributed by atoms with van der Waals surface area (Å²) in [4.78, 5) is 14.8. The van der Waals surface area contributed by atoms with E-state index in [1.807, 2.05) is 26.0 Å². The minimum absolute atomic E-state index is 0.00868. The molecule has 114 valence electrons. The van der Waals surface area contributed by atoms with Gasteiger partial charge in [0.25, 0.3) is 0 Å². The molecule has 1 aliphatic carbocycles. The minimum atomic E-state index is -0.439. The Labute approximate surface area is 126 Å². The van der Waals surface area contributed by atoms with Crippen LogP contribution in [0.1, 0.15) is 51.8 Å². The Morgan fingerprint density at radius 3 is 2.48 bits per heavy atom. The fourth-order valence-corrected chi connectivity index (χ4v) is 2.97. The van der Waals surface area contributed by atoms with Crippen LogP contribution in [-0.2, 0) is 4.79 Å². The molecule has 0 aromatic heterocycles. The molecular formula is C17H24N2O2. The van der Waals surface area contributed by atoms with Gasteiger partial charge in [-0.15, -0.1) is 0 Å². The molecule has 2 unspecified atom stereocenters. The Bertz CT molecular complexity index is 524. The first-order valence-electron chi connectivity index (χ1n) is 7.92. The van der Waals surface area contributed by atoms with Gasteiger partial charge < -0.3 is 9.64 Å². The van der Waals surface area contributed by atoms with Crippen LogP contribution in [0.25, 0.3) is 0 Å². The van der Waals surface area contributed by atoms with Gasteiger partial charge in [-0.05, 0) is 50.8 Å². The molecule has 3 rings (SSSR count). The maximum atomic E-state index is 12.7. The molecule has 1 aromatic rings. The number of carbonyl (C=O) groups excluding carboxylic acids is 1. The first-order chi connectivity index (χ1) is 10.1. The van der Waals surface area contributed by atoms with E-state index >= 15 is 0 Å². The number of nitrogens with zero attached hydrogens (tertiary/aromatic N) is 1. The summed E-state index contributed by atoms with van der Waals surface area (Å²) < 4.78 is 5.49. The molecule has 21 heavy (non-hydrogen) atoms. The van der Waals surface area contributed by atoms with Crippen LogP contribution in [0.5, 0.6) is 5.75 Å². The van der Waals surface area contributed by atoms with Crippen LogP contribution in [0.2, 0.25) is 0 Å². The van der Waals surface area contributed by atoms with Gasteiger partial charge in [-0.3, -0.25) is 10.1 Å². The summed E-state index contributed by atoms with van der Waals surface area (Å²) in [5, 5.41) is 3.54. The Kier molecular flexibility index (Phi) is 3.66. The van der Waals surface area contributed by atoms with Gasteiger partial charge in [0.05, 0.1) is 12.1 Å². The zero-order chi connectivity index (χ0) is 15.0. The van der Waals surface area contributed by atoms with Crippen molar-refractivity contribution in [1.29, 1.82) is 0 Å². The Morgan fingerprint density at radius 2 is 1.95 bits per heavy atom. The average Bonchev–Trinajstić information content (AvgIpc) is 3.28. The van der Waals surface area contributed by atoms with E-state index in [0.717, 1.165) is 30.6 Å². The summed E-state index contributed by atoms with van der Waals surface area (Å²) in [5.41, 5.74) is 0.696. The fraction of sp³-hybridized carbons (Fsp3) is 0.588. The number of amides is 1. The lowest BCUT2D eigenvalue weighted by atomic mass is 9.99. The van der Waals surface area contributed by atoms with Gasteiger partial charge in [-0.25, -0.2) is 0 Å². The molecule has 1 heterocycles. The van der Waals surface area contributed by atoms with E-state index in [2.05, 4.69) is 29.3 Å². The Balaban J connectivity index is 1.87. The number of rotatable bonds is 5. The first-order valence-corrected chi connectivity index (χ1v) is 7.92. The van der Waals surface area contributed by atoms with E-state index in [1.165, 1.54) is 0 Å². The van der Waals surface area contributed by atoms with Gasteiger partial charge >= 0.3 is 0 Å². The van der Waals surface area contributed by atoms with E-state index in [9.17, 15) is 4.79 Å². The Morgan fingerprint density at radius 1 is 1.29 bits per heavy atom. The molecule has 4 heteroatoms. The summed E-state index contributed by atoms with van der Waals surface area (Å²) in [7, 11) is 0. The maximum Gasteiger partial charge on any atom is 0.244 e. The number of hydrogen-bond donors (Lipinski definition) is 1. The SMILES string of the molecule is CCOc1ccc(C2NC(C)(CC)C(=O)N2C2CC2)cc1. The largest absolute Gasteiger partial charge is 0.494 e. The molecule has 2 fully saturated rings. The highest BCUT2D eigenvalue weighted by Gasteiger charge is 2.51. The van der Waals surface area contributed by atoms with Crippen molar-refractivity contribution in [1.82, 2.24) is 10.2 Å². The van der Waals surface area contributed by atoms with Crippen LogP contribution in [-0.4, -0.2) is 29.0 Å². The highest BCUT2D eigenvalue weighted by atomic mass is 16.5. The second kappa shape index (κ2) is 5.34. The molecule has 0 bridgehead atoms. The summed E-state index contributed by atoms with van der Waals surface area (Å²) >= 11 is 0. The molecule has 1 aromatic carbocycles. The van der Waals surface area contributed by atoms with E-state index in [4.69, 9.17) is 4.74 Å². The normalized spacial score (nSPS) is 29.0. The predicted molar refractivity (Wildman–Crippen MR) is 82.1 cm³/mol. The third kappa shape index (κ3) is 2.53. The second-order valence-electron chi connectivity index (χ2n) is 6.18. The monoisotopic (exact) mass is 288 g/mol. The number of benzene rings is 1. The lowest BCUT2D eigenvalue weighted by Crippen LogP contribution is -2.43. The van der Waals surface area contributed by atoms with Crippen molar-refractivity contribution in [3.8, 4) is 5.75 Å². The van der Waals surface area contributed by atoms with Crippen molar-refractivity contribution >= 4 is 5.91 Å². The van der Waals surface area contributed by atoms with Gasteiger partial charge in [0, 0.05) is 6.04 Å². The molecule has 0 radical (unpaired) electrons. The quantitative estimate of drug-likeness (QED) is 0.906. The van der Waals surface area contributed by atoms with E-state index < -0.39 is 5.54 Å². The van der Waals surface area contributed by atoms with E-state index in [1.54, 1.807) is 0 Å². The first kappa shape index (κ1) is 14.4. The van der Waals surface area contributed by atoms with Crippen molar-refractivity contribution in [2.24, 2.45) is 0 Å². The van der Waals surface area contributed by atoms with Crippen LogP contribution in [0.3, 0.4) is 0 Å². The predicted octanol–water partition coefficient (Wildman–Crippen LogP) is 2.85.